The van der Waals surface area contributed by atoms with Crippen molar-refractivity contribution in [2.45, 2.75) is 38.7 Å². The Bertz CT molecular complexity index is 1440. The molecule has 3 aromatic rings. The first-order valence-electron chi connectivity index (χ1n) is 12.9. The van der Waals surface area contributed by atoms with Gasteiger partial charge < -0.3 is 30.0 Å². The molecule has 12 heteroatoms. The third-order valence-electron chi connectivity index (χ3n) is 6.52. The molecule has 4 N–H and O–H groups in total. The number of nitrogens with zero attached hydrogens (tertiary/aromatic N) is 1. The number of amides is 3. The summed E-state index contributed by atoms with van der Waals surface area (Å²) in [6, 6.07) is 9.72. The summed E-state index contributed by atoms with van der Waals surface area (Å²) in [6.45, 7) is 1.58. The number of hydrazone groups is 1. The number of nitrogens with one attached hydrogen (secondary N) is 2. The van der Waals surface area contributed by atoms with E-state index >= 15 is 0 Å². The number of ether oxygens (including phenoxy) is 4. The highest BCUT2D eigenvalue weighted by Gasteiger charge is 2.25. The van der Waals surface area contributed by atoms with Gasteiger partial charge >= 0.3 is 0 Å². The number of anilines is 1. The van der Waals surface area contributed by atoms with Gasteiger partial charge in [0.25, 0.3) is 17.7 Å². The molecule has 41 heavy (non-hydrogen) atoms. The lowest BCUT2D eigenvalue weighted by Crippen LogP contribution is -2.33. The third kappa shape index (κ3) is 6.77. The van der Waals surface area contributed by atoms with Gasteiger partial charge in [0.05, 0.1) is 33.1 Å². The maximum atomic E-state index is 12.9. The van der Waals surface area contributed by atoms with Crippen molar-refractivity contribution >= 4 is 40.3 Å². The Balaban J connectivity index is 1.35. The number of fused-ring (bicyclic) bond motifs is 1. The van der Waals surface area contributed by atoms with E-state index in [1.54, 1.807) is 43.3 Å². The maximum absolute atomic E-state index is 12.9. The van der Waals surface area contributed by atoms with Crippen LogP contribution in [0.1, 0.15) is 56.5 Å². The van der Waals surface area contributed by atoms with Gasteiger partial charge in [0.1, 0.15) is 10.8 Å². The minimum atomic E-state index is -0.873. The van der Waals surface area contributed by atoms with Crippen LogP contribution in [-0.4, -0.2) is 51.4 Å². The predicted molar refractivity (Wildman–Crippen MR) is 156 cm³/mol. The molecule has 1 atom stereocenters. The first kappa shape index (κ1) is 29.4. The number of rotatable bonds is 11. The van der Waals surface area contributed by atoms with Crippen LogP contribution in [0.4, 0.5) is 5.00 Å². The van der Waals surface area contributed by atoms with Gasteiger partial charge in [0, 0.05) is 16.0 Å². The van der Waals surface area contributed by atoms with E-state index in [4.69, 9.17) is 24.7 Å². The molecule has 1 heterocycles. The molecule has 216 valence electrons. The molecule has 3 amide bonds. The van der Waals surface area contributed by atoms with Crippen LogP contribution in [0, 0.1) is 0 Å². The van der Waals surface area contributed by atoms with Crippen LogP contribution in [0.15, 0.2) is 41.5 Å². The van der Waals surface area contributed by atoms with E-state index in [1.807, 2.05) is 0 Å². The highest BCUT2D eigenvalue weighted by Crippen LogP contribution is 2.39. The molecule has 1 aromatic heterocycles. The number of aryl methyl sites for hydroxylation is 1. The van der Waals surface area contributed by atoms with Crippen LogP contribution in [0.2, 0.25) is 0 Å². The second-order valence-electron chi connectivity index (χ2n) is 9.21. The number of primary amides is 1. The fourth-order valence-electron chi connectivity index (χ4n) is 4.47. The number of methoxy groups -OCH3 is 3. The normalized spacial score (nSPS) is 13.2. The van der Waals surface area contributed by atoms with E-state index in [-0.39, 0.29) is 5.91 Å². The lowest BCUT2D eigenvalue weighted by Gasteiger charge is -2.14. The Morgan fingerprint density at radius 2 is 1.66 bits per heavy atom. The van der Waals surface area contributed by atoms with Crippen LogP contribution >= 0.6 is 11.3 Å². The van der Waals surface area contributed by atoms with E-state index in [2.05, 4.69) is 15.8 Å². The first-order chi connectivity index (χ1) is 19.7. The molecule has 0 fully saturated rings. The zero-order chi connectivity index (χ0) is 29.5. The minimum Gasteiger partial charge on any atom is -0.493 e. The molecule has 1 aliphatic rings. The highest BCUT2D eigenvalue weighted by molar-refractivity contribution is 7.17. The summed E-state index contributed by atoms with van der Waals surface area (Å²) < 4.78 is 21.6. The quantitative estimate of drug-likeness (QED) is 0.230. The molecular weight excluding hydrogens is 548 g/mol. The van der Waals surface area contributed by atoms with Crippen molar-refractivity contribution in [3.8, 4) is 23.0 Å². The van der Waals surface area contributed by atoms with E-state index < -0.39 is 17.9 Å². The SMILES string of the molecule is COc1cc(/C=N/NC(=O)C(C)Oc2ccc(C(=O)Nc3sc4c(c3C(N)=O)CCCC4)cc2)cc(OC)c1OC. The maximum Gasteiger partial charge on any atom is 0.280 e. The topological polar surface area (TPSA) is 151 Å². The zero-order valence-corrected chi connectivity index (χ0v) is 24.1. The fourth-order valence-corrected chi connectivity index (χ4v) is 5.76. The van der Waals surface area contributed by atoms with Crippen molar-refractivity contribution in [3.05, 3.63) is 63.5 Å². The fraction of sp³-hybridized carbons (Fsp3) is 0.310. The minimum absolute atomic E-state index is 0.367. The Morgan fingerprint density at radius 1 is 1.00 bits per heavy atom. The number of nitrogens with two attached hydrogens (primary N) is 1. The van der Waals surface area contributed by atoms with E-state index in [1.165, 1.54) is 38.9 Å². The van der Waals surface area contributed by atoms with E-state index in [0.717, 1.165) is 36.1 Å². The van der Waals surface area contributed by atoms with Gasteiger partial charge in [-0.3, -0.25) is 14.4 Å². The smallest absolute Gasteiger partial charge is 0.280 e. The average Bonchev–Trinajstić information content (AvgIpc) is 3.34. The molecule has 0 saturated carbocycles. The number of thiophene rings is 1. The van der Waals surface area contributed by atoms with Crippen molar-refractivity contribution < 1.29 is 33.3 Å². The highest BCUT2D eigenvalue weighted by atomic mass is 32.1. The lowest BCUT2D eigenvalue weighted by molar-refractivity contribution is -0.127. The molecular formula is C29H32N4O7S. The summed E-state index contributed by atoms with van der Waals surface area (Å²) in [7, 11) is 4.52. The van der Waals surface area contributed by atoms with Crippen molar-refractivity contribution in [1.82, 2.24) is 5.43 Å². The monoisotopic (exact) mass is 580 g/mol. The molecule has 0 aliphatic heterocycles. The Kier molecular flexibility index (Phi) is 9.45. The lowest BCUT2D eigenvalue weighted by atomic mass is 9.95. The van der Waals surface area contributed by atoms with Crippen LogP contribution < -0.4 is 35.4 Å². The number of carbonyl (C=O) groups excluding carboxylic acids is 3. The summed E-state index contributed by atoms with van der Waals surface area (Å²) in [4.78, 5) is 38.6. The van der Waals surface area contributed by atoms with Gasteiger partial charge in [0.2, 0.25) is 5.75 Å². The van der Waals surface area contributed by atoms with Gasteiger partial charge in [-0.15, -0.1) is 11.3 Å². The van der Waals surface area contributed by atoms with E-state index in [9.17, 15) is 14.4 Å². The van der Waals surface area contributed by atoms with Crippen LogP contribution in [0.5, 0.6) is 23.0 Å². The van der Waals surface area contributed by atoms with Crippen molar-refractivity contribution in [2.75, 3.05) is 26.6 Å². The molecule has 0 bridgehead atoms. The van der Waals surface area contributed by atoms with Crippen LogP contribution in [0.25, 0.3) is 0 Å². The summed E-state index contributed by atoms with van der Waals surface area (Å²) >= 11 is 1.41. The summed E-state index contributed by atoms with van der Waals surface area (Å²) in [5.74, 6) is 0.362. The van der Waals surface area contributed by atoms with Gasteiger partial charge in [-0.05, 0) is 74.6 Å². The van der Waals surface area contributed by atoms with Crippen LogP contribution in [-0.2, 0) is 17.6 Å². The van der Waals surface area contributed by atoms with Gasteiger partial charge in [-0.25, -0.2) is 5.43 Å². The second-order valence-corrected chi connectivity index (χ2v) is 10.3. The van der Waals surface area contributed by atoms with Crippen LogP contribution in [0.3, 0.4) is 0 Å². The summed E-state index contributed by atoms with van der Waals surface area (Å²) in [6.07, 6.45) is 4.28. The number of hydrogen-bond acceptors (Lipinski definition) is 9. The number of benzene rings is 2. The summed E-state index contributed by atoms with van der Waals surface area (Å²) in [5, 5.41) is 7.31. The first-order valence-corrected chi connectivity index (χ1v) is 13.7. The Labute approximate surface area is 241 Å². The molecule has 0 spiro atoms. The standard InChI is InChI=1S/C29H32N4O7S/c1-16(27(35)33-31-15-17-13-21(37-2)25(39-4)22(14-17)38-3)40-19-11-9-18(10-12-19)28(36)32-29-24(26(30)34)20-7-5-6-8-23(20)41-29/h9-16H,5-8H2,1-4H3,(H2,30,34)(H,32,36)(H,33,35)/b31-15+. The van der Waals surface area contributed by atoms with E-state index in [0.29, 0.717) is 44.7 Å². The van der Waals surface area contributed by atoms with Crippen molar-refractivity contribution in [1.29, 1.82) is 0 Å². The second kappa shape index (κ2) is 13.2. The molecule has 1 aliphatic carbocycles. The van der Waals surface area contributed by atoms with Crippen molar-refractivity contribution in [2.24, 2.45) is 10.8 Å². The van der Waals surface area contributed by atoms with Crippen molar-refractivity contribution in [3.63, 3.8) is 0 Å². The number of carbonyl (C=O) groups is 3. The average molecular weight is 581 g/mol. The number of hydrogen-bond donors (Lipinski definition) is 3. The Morgan fingerprint density at radius 3 is 2.27 bits per heavy atom. The molecule has 0 radical (unpaired) electrons. The zero-order valence-electron chi connectivity index (χ0n) is 23.2. The van der Waals surface area contributed by atoms with Gasteiger partial charge in [0.15, 0.2) is 17.6 Å². The molecule has 4 rings (SSSR count). The Hall–Kier alpha value is -4.58. The third-order valence-corrected chi connectivity index (χ3v) is 7.73. The molecule has 2 aromatic carbocycles. The van der Waals surface area contributed by atoms with Gasteiger partial charge in [-0.1, -0.05) is 0 Å². The van der Waals surface area contributed by atoms with Gasteiger partial charge in [-0.2, -0.15) is 5.10 Å². The summed E-state index contributed by atoms with van der Waals surface area (Å²) in [5.41, 5.74) is 10.4. The molecule has 0 saturated heterocycles. The largest absolute Gasteiger partial charge is 0.493 e. The molecule has 11 nitrogen and oxygen atoms in total. The molecule has 1 unspecified atom stereocenters. The predicted octanol–water partition coefficient (Wildman–Crippen LogP) is 3.92.